The first-order chi connectivity index (χ1) is 13.1. The van der Waals surface area contributed by atoms with Crippen molar-refractivity contribution in [2.24, 2.45) is 0 Å². The highest BCUT2D eigenvalue weighted by molar-refractivity contribution is 7.14. The Hall–Kier alpha value is -2.60. The van der Waals surface area contributed by atoms with Gasteiger partial charge in [-0.3, -0.25) is 4.79 Å². The van der Waals surface area contributed by atoms with E-state index in [1.54, 1.807) is 11.3 Å². The van der Waals surface area contributed by atoms with Crippen LogP contribution in [0.2, 0.25) is 0 Å². The summed E-state index contributed by atoms with van der Waals surface area (Å²) in [6, 6.07) is 12.5. The van der Waals surface area contributed by atoms with Crippen molar-refractivity contribution < 1.29 is 9.53 Å². The number of hydrogen-bond donors (Lipinski definition) is 1. The lowest BCUT2D eigenvalue weighted by molar-refractivity contribution is -0.140. The van der Waals surface area contributed by atoms with Crippen LogP contribution in [-0.4, -0.2) is 22.6 Å². The van der Waals surface area contributed by atoms with Crippen LogP contribution in [0.1, 0.15) is 29.8 Å². The molecule has 142 valence electrons. The molecule has 0 aliphatic carbocycles. The van der Waals surface area contributed by atoms with Gasteiger partial charge in [-0.15, -0.1) is 11.3 Å². The molecule has 0 unspecified atom stereocenters. The van der Waals surface area contributed by atoms with Gasteiger partial charge in [0, 0.05) is 41.8 Å². The first kappa shape index (κ1) is 19.2. The summed E-state index contributed by atoms with van der Waals surface area (Å²) in [5.41, 5.74) is 5.73. The van der Waals surface area contributed by atoms with Crippen molar-refractivity contribution in [3.63, 3.8) is 0 Å². The number of hydrogen-bond acceptors (Lipinski definition) is 5. The average Bonchev–Trinajstić information content (AvgIpc) is 3.26. The maximum Gasteiger partial charge on any atom is 0.305 e. The number of benzene rings is 1. The highest BCUT2D eigenvalue weighted by Gasteiger charge is 2.14. The number of nitrogens with one attached hydrogen (secondary N) is 1. The van der Waals surface area contributed by atoms with E-state index in [9.17, 15) is 4.79 Å². The van der Waals surface area contributed by atoms with Crippen molar-refractivity contribution in [2.75, 3.05) is 12.4 Å². The largest absolute Gasteiger partial charge is 0.469 e. The van der Waals surface area contributed by atoms with Gasteiger partial charge in [0.1, 0.15) is 0 Å². The van der Waals surface area contributed by atoms with E-state index >= 15 is 0 Å². The Kier molecular flexibility index (Phi) is 6.29. The van der Waals surface area contributed by atoms with Gasteiger partial charge in [-0.25, -0.2) is 4.98 Å². The zero-order valence-corrected chi connectivity index (χ0v) is 16.8. The Morgan fingerprint density at radius 3 is 2.78 bits per heavy atom. The quantitative estimate of drug-likeness (QED) is 0.568. The molecule has 0 saturated heterocycles. The fraction of sp³-hybridized carbons (Fsp3) is 0.333. The molecule has 6 heteroatoms. The first-order valence-electron chi connectivity index (χ1n) is 9.05. The van der Waals surface area contributed by atoms with Gasteiger partial charge in [0.15, 0.2) is 5.13 Å². The SMILES string of the molecule is COC(=O)CCCn1c(C)cc(-c2csc(NCc3ccccc3)n2)c1C. The molecule has 0 aliphatic heterocycles. The molecule has 3 rings (SSSR count). The first-order valence-corrected chi connectivity index (χ1v) is 9.93. The molecule has 0 aliphatic rings. The van der Waals surface area contributed by atoms with Gasteiger partial charge in [-0.2, -0.15) is 0 Å². The van der Waals surface area contributed by atoms with Crippen LogP contribution in [0.5, 0.6) is 0 Å². The molecule has 0 amide bonds. The summed E-state index contributed by atoms with van der Waals surface area (Å²) >= 11 is 1.62. The van der Waals surface area contributed by atoms with E-state index in [2.05, 4.69) is 47.3 Å². The zero-order valence-electron chi connectivity index (χ0n) is 16.0. The Morgan fingerprint density at radius 1 is 1.26 bits per heavy atom. The number of rotatable bonds is 8. The molecule has 0 saturated carbocycles. The van der Waals surface area contributed by atoms with Crippen LogP contribution in [0.3, 0.4) is 0 Å². The third kappa shape index (κ3) is 4.77. The molecule has 1 N–H and O–H groups in total. The van der Waals surface area contributed by atoms with Gasteiger partial charge in [-0.1, -0.05) is 30.3 Å². The van der Waals surface area contributed by atoms with Gasteiger partial charge in [0.05, 0.1) is 12.8 Å². The van der Waals surface area contributed by atoms with Crippen LogP contribution < -0.4 is 5.32 Å². The van der Waals surface area contributed by atoms with Gasteiger partial charge in [0.2, 0.25) is 0 Å². The Morgan fingerprint density at radius 2 is 2.04 bits per heavy atom. The number of thiazole rings is 1. The van der Waals surface area contributed by atoms with Crippen LogP contribution in [-0.2, 0) is 22.6 Å². The van der Waals surface area contributed by atoms with Crippen LogP contribution >= 0.6 is 11.3 Å². The molecule has 0 spiro atoms. The molecule has 1 aromatic carbocycles. The van der Waals surface area contributed by atoms with E-state index in [-0.39, 0.29) is 5.97 Å². The highest BCUT2D eigenvalue weighted by atomic mass is 32.1. The normalized spacial score (nSPS) is 10.8. The Bertz CT molecular complexity index is 900. The Balaban J connectivity index is 1.67. The molecule has 0 bridgehead atoms. The number of nitrogens with zero attached hydrogens (tertiary/aromatic N) is 2. The van der Waals surface area contributed by atoms with Crippen molar-refractivity contribution in [3.8, 4) is 11.3 Å². The van der Waals surface area contributed by atoms with Gasteiger partial charge < -0.3 is 14.6 Å². The molecule has 27 heavy (non-hydrogen) atoms. The van der Waals surface area contributed by atoms with Crippen molar-refractivity contribution in [1.82, 2.24) is 9.55 Å². The number of aromatic nitrogens is 2. The molecular formula is C21H25N3O2S. The van der Waals surface area contributed by atoms with Gasteiger partial charge in [0.25, 0.3) is 0 Å². The smallest absolute Gasteiger partial charge is 0.305 e. The number of ether oxygens (including phenoxy) is 1. The van der Waals surface area contributed by atoms with E-state index in [4.69, 9.17) is 9.72 Å². The zero-order chi connectivity index (χ0) is 19.2. The molecule has 2 aromatic heterocycles. The number of esters is 1. The maximum absolute atomic E-state index is 11.3. The molecular weight excluding hydrogens is 358 g/mol. The minimum atomic E-state index is -0.161. The summed E-state index contributed by atoms with van der Waals surface area (Å²) in [4.78, 5) is 16.1. The van der Waals surface area contributed by atoms with Crippen molar-refractivity contribution in [2.45, 2.75) is 39.8 Å². The second kappa shape index (κ2) is 8.86. The lowest BCUT2D eigenvalue weighted by Crippen LogP contribution is -2.06. The lowest BCUT2D eigenvalue weighted by Gasteiger charge is -2.09. The summed E-state index contributed by atoms with van der Waals surface area (Å²) in [6.07, 6.45) is 1.20. The average molecular weight is 384 g/mol. The minimum Gasteiger partial charge on any atom is -0.469 e. The molecule has 5 nitrogen and oxygen atoms in total. The summed E-state index contributed by atoms with van der Waals surface area (Å²) in [7, 11) is 1.43. The monoisotopic (exact) mass is 383 g/mol. The fourth-order valence-electron chi connectivity index (χ4n) is 3.14. The third-order valence-electron chi connectivity index (χ3n) is 4.63. The summed E-state index contributed by atoms with van der Waals surface area (Å²) in [5, 5.41) is 6.41. The van der Waals surface area contributed by atoms with Crippen molar-refractivity contribution in [3.05, 3.63) is 58.7 Å². The van der Waals surface area contributed by atoms with Crippen LogP contribution in [0, 0.1) is 13.8 Å². The van der Waals surface area contributed by atoms with E-state index in [1.165, 1.54) is 24.1 Å². The minimum absolute atomic E-state index is 0.161. The second-order valence-electron chi connectivity index (χ2n) is 6.49. The second-order valence-corrected chi connectivity index (χ2v) is 7.35. The third-order valence-corrected chi connectivity index (χ3v) is 5.43. The van der Waals surface area contributed by atoms with Crippen molar-refractivity contribution in [1.29, 1.82) is 0 Å². The predicted molar refractivity (Wildman–Crippen MR) is 110 cm³/mol. The number of carbonyl (C=O) groups excluding carboxylic acids is 1. The number of carbonyl (C=O) groups is 1. The van der Waals surface area contributed by atoms with Crippen molar-refractivity contribution >= 4 is 22.4 Å². The summed E-state index contributed by atoms with van der Waals surface area (Å²) in [5.74, 6) is -0.161. The standard InChI is InChI=1S/C21H25N3O2S/c1-15-12-18(16(2)24(15)11-7-10-20(25)26-3)19-14-27-21(23-19)22-13-17-8-5-4-6-9-17/h4-6,8-9,12,14H,7,10-11,13H2,1-3H3,(H,22,23). The van der Waals surface area contributed by atoms with Gasteiger partial charge >= 0.3 is 5.97 Å². The van der Waals surface area contributed by atoms with Crippen LogP contribution in [0.25, 0.3) is 11.3 Å². The molecule has 2 heterocycles. The highest BCUT2D eigenvalue weighted by Crippen LogP contribution is 2.30. The Labute approximate surface area is 164 Å². The lowest BCUT2D eigenvalue weighted by atomic mass is 10.2. The van der Waals surface area contributed by atoms with Crippen LogP contribution in [0.4, 0.5) is 5.13 Å². The fourth-order valence-corrected chi connectivity index (χ4v) is 3.85. The maximum atomic E-state index is 11.3. The number of anilines is 1. The molecule has 0 radical (unpaired) electrons. The molecule has 3 aromatic rings. The number of aryl methyl sites for hydroxylation is 1. The topological polar surface area (TPSA) is 56.1 Å². The van der Waals surface area contributed by atoms with Gasteiger partial charge in [-0.05, 0) is 31.9 Å². The van der Waals surface area contributed by atoms with E-state index in [1.807, 2.05) is 18.2 Å². The number of methoxy groups -OCH3 is 1. The molecule has 0 atom stereocenters. The summed E-state index contributed by atoms with van der Waals surface area (Å²) < 4.78 is 6.96. The predicted octanol–water partition coefficient (Wildman–Crippen LogP) is 4.79. The van der Waals surface area contributed by atoms with E-state index < -0.39 is 0 Å². The van der Waals surface area contributed by atoms with E-state index in [0.29, 0.717) is 6.42 Å². The summed E-state index contributed by atoms with van der Waals surface area (Å²) in [6.45, 7) is 5.77. The molecule has 0 fully saturated rings. The van der Waals surface area contributed by atoms with E-state index in [0.717, 1.165) is 35.9 Å². The van der Waals surface area contributed by atoms with Crippen LogP contribution in [0.15, 0.2) is 41.8 Å².